The lowest BCUT2D eigenvalue weighted by molar-refractivity contribution is 0.199. The lowest BCUT2D eigenvalue weighted by atomic mass is 10.1. The number of aliphatic hydroxyl groups excluding tert-OH is 1. The van der Waals surface area contributed by atoms with Crippen LogP contribution in [0.1, 0.15) is 37.1 Å². The lowest BCUT2D eigenvalue weighted by Gasteiger charge is -2.28. The normalized spacial score (nSPS) is 13.8. The molecule has 20 heavy (non-hydrogen) atoms. The monoisotopic (exact) mass is 290 g/mol. The van der Waals surface area contributed by atoms with Crippen LogP contribution in [0.2, 0.25) is 5.02 Å². The third-order valence-electron chi connectivity index (χ3n) is 3.53. The second kappa shape index (κ2) is 6.25. The van der Waals surface area contributed by atoms with Crippen molar-refractivity contribution in [2.45, 2.75) is 26.0 Å². The van der Waals surface area contributed by atoms with Crippen LogP contribution in [0.25, 0.3) is 0 Å². The maximum absolute atomic E-state index is 9.86. The number of rotatable bonds is 4. The van der Waals surface area contributed by atoms with Gasteiger partial charge < -0.3 is 10.0 Å². The molecule has 2 atom stereocenters. The first-order valence-corrected chi connectivity index (χ1v) is 6.99. The van der Waals surface area contributed by atoms with E-state index >= 15 is 0 Å². The Labute approximate surface area is 124 Å². The van der Waals surface area contributed by atoms with E-state index in [1.807, 2.05) is 43.4 Å². The van der Waals surface area contributed by atoms with Gasteiger partial charge in [0, 0.05) is 23.8 Å². The molecular weight excluding hydrogens is 272 g/mol. The summed E-state index contributed by atoms with van der Waals surface area (Å²) in [6.07, 6.45) is 1.20. The largest absolute Gasteiger partial charge is 0.389 e. The molecule has 0 radical (unpaired) electrons. The molecule has 4 heteroatoms. The van der Waals surface area contributed by atoms with Crippen LogP contribution in [0.4, 0.5) is 5.82 Å². The Bertz CT molecular complexity index is 569. The van der Waals surface area contributed by atoms with Gasteiger partial charge in [-0.2, -0.15) is 0 Å². The number of hydrogen-bond acceptors (Lipinski definition) is 3. The van der Waals surface area contributed by atoms with E-state index in [2.05, 4.69) is 16.8 Å². The minimum atomic E-state index is -0.543. The van der Waals surface area contributed by atoms with Crippen LogP contribution in [0.3, 0.4) is 0 Å². The van der Waals surface area contributed by atoms with Crippen molar-refractivity contribution >= 4 is 17.4 Å². The van der Waals surface area contributed by atoms with Crippen LogP contribution >= 0.6 is 11.6 Å². The average Bonchev–Trinajstić information content (AvgIpc) is 2.46. The Balaban J connectivity index is 2.31. The second-order valence-corrected chi connectivity index (χ2v) is 5.37. The molecule has 2 aromatic rings. The van der Waals surface area contributed by atoms with Crippen molar-refractivity contribution in [2.24, 2.45) is 0 Å². The first kappa shape index (κ1) is 14.8. The molecule has 0 saturated heterocycles. The highest BCUT2D eigenvalue weighted by atomic mass is 35.5. The van der Waals surface area contributed by atoms with Gasteiger partial charge >= 0.3 is 0 Å². The molecule has 0 aliphatic heterocycles. The number of benzene rings is 1. The van der Waals surface area contributed by atoms with E-state index in [4.69, 9.17) is 11.6 Å². The van der Waals surface area contributed by atoms with Gasteiger partial charge in [-0.05, 0) is 37.6 Å². The van der Waals surface area contributed by atoms with Crippen molar-refractivity contribution in [3.05, 3.63) is 58.7 Å². The highest BCUT2D eigenvalue weighted by Gasteiger charge is 2.18. The molecular formula is C16H19ClN2O. The number of halogens is 1. The van der Waals surface area contributed by atoms with Gasteiger partial charge in [-0.15, -0.1) is 0 Å². The topological polar surface area (TPSA) is 36.4 Å². The first-order chi connectivity index (χ1) is 9.50. The minimum Gasteiger partial charge on any atom is -0.389 e. The van der Waals surface area contributed by atoms with Gasteiger partial charge in [-0.3, -0.25) is 0 Å². The van der Waals surface area contributed by atoms with Crippen LogP contribution in [0, 0.1) is 0 Å². The Morgan fingerprint density at radius 3 is 2.40 bits per heavy atom. The molecule has 0 amide bonds. The van der Waals surface area contributed by atoms with Gasteiger partial charge in [-0.25, -0.2) is 4.98 Å². The van der Waals surface area contributed by atoms with E-state index in [0.717, 1.165) is 22.0 Å². The summed E-state index contributed by atoms with van der Waals surface area (Å²) in [6.45, 7) is 3.85. The molecule has 106 valence electrons. The number of nitrogens with zero attached hydrogens (tertiary/aromatic N) is 2. The van der Waals surface area contributed by atoms with Gasteiger partial charge in [0.1, 0.15) is 5.82 Å². The number of aromatic nitrogens is 1. The molecule has 1 aromatic heterocycles. The van der Waals surface area contributed by atoms with E-state index in [9.17, 15) is 5.11 Å². The molecule has 3 nitrogen and oxygen atoms in total. The molecule has 0 aliphatic rings. The van der Waals surface area contributed by atoms with Gasteiger partial charge in [0.25, 0.3) is 0 Å². The molecule has 2 rings (SSSR count). The molecule has 0 aliphatic carbocycles. The Morgan fingerprint density at radius 2 is 1.80 bits per heavy atom. The van der Waals surface area contributed by atoms with E-state index in [0.29, 0.717) is 0 Å². The summed E-state index contributed by atoms with van der Waals surface area (Å²) >= 11 is 5.92. The summed E-state index contributed by atoms with van der Waals surface area (Å²) in [4.78, 5) is 6.46. The fourth-order valence-electron chi connectivity index (χ4n) is 2.18. The highest BCUT2D eigenvalue weighted by molar-refractivity contribution is 6.30. The van der Waals surface area contributed by atoms with E-state index in [1.54, 1.807) is 13.1 Å². The molecule has 0 fully saturated rings. The number of pyridine rings is 1. The van der Waals surface area contributed by atoms with Crippen molar-refractivity contribution in [2.75, 3.05) is 11.9 Å². The molecule has 0 bridgehead atoms. The first-order valence-electron chi connectivity index (χ1n) is 6.62. The highest BCUT2D eigenvalue weighted by Crippen LogP contribution is 2.29. The molecule has 1 unspecified atom stereocenters. The summed E-state index contributed by atoms with van der Waals surface area (Å²) in [5.41, 5.74) is 1.98. The smallest absolute Gasteiger partial charge is 0.134 e. The zero-order valence-electron chi connectivity index (χ0n) is 11.9. The Morgan fingerprint density at radius 1 is 1.15 bits per heavy atom. The van der Waals surface area contributed by atoms with Crippen LogP contribution in [-0.4, -0.2) is 17.1 Å². The molecule has 1 N–H and O–H groups in total. The van der Waals surface area contributed by atoms with Crippen LogP contribution in [0.5, 0.6) is 0 Å². The maximum Gasteiger partial charge on any atom is 0.134 e. The molecule has 0 saturated carbocycles. The van der Waals surface area contributed by atoms with Crippen LogP contribution in [-0.2, 0) is 0 Å². The van der Waals surface area contributed by atoms with Crippen LogP contribution in [0.15, 0.2) is 42.6 Å². The fourth-order valence-corrected chi connectivity index (χ4v) is 2.30. The van der Waals surface area contributed by atoms with Crippen molar-refractivity contribution in [3.63, 3.8) is 0 Å². The molecule has 0 spiro atoms. The number of anilines is 1. The zero-order chi connectivity index (χ0) is 14.7. The SMILES string of the molecule is CC(c1ccc(Cl)cc1)N(C)c1ncccc1[C@@H](C)O. The standard InChI is InChI=1S/C16H19ClN2O/c1-11(13-6-8-14(17)9-7-13)19(3)16-15(12(2)20)5-4-10-18-16/h4-12,20H,1-3H3/t11?,12-/m1/s1. The van der Waals surface area contributed by atoms with Crippen molar-refractivity contribution < 1.29 is 5.11 Å². The predicted molar refractivity (Wildman–Crippen MR) is 83.1 cm³/mol. The van der Waals surface area contributed by atoms with E-state index in [-0.39, 0.29) is 6.04 Å². The third kappa shape index (κ3) is 3.11. The second-order valence-electron chi connectivity index (χ2n) is 4.93. The fraction of sp³-hybridized carbons (Fsp3) is 0.312. The predicted octanol–water partition coefficient (Wildman–Crippen LogP) is 3.99. The summed E-state index contributed by atoms with van der Waals surface area (Å²) in [5, 5.41) is 10.6. The Hall–Kier alpha value is -1.58. The third-order valence-corrected chi connectivity index (χ3v) is 3.79. The van der Waals surface area contributed by atoms with Gasteiger partial charge in [0.15, 0.2) is 0 Å². The minimum absolute atomic E-state index is 0.139. The van der Waals surface area contributed by atoms with Crippen molar-refractivity contribution in [1.82, 2.24) is 4.98 Å². The van der Waals surface area contributed by atoms with Gasteiger partial charge in [-0.1, -0.05) is 29.8 Å². The molecule has 1 aromatic carbocycles. The van der Waals surface area contributed by atoms with Crippen LogP contribution < -0.4 is 4.90 Å². The summed E-state index contributed by atoms with van der Waals surface area (Å²) in [6, 6.07) is 11.7. The van der Waals surface area contributed by atoms with Crippen molar-refractivity contribution in [3.8, 4) is 0 Å². The average molecular weight is 291 g/mol. The van der Waals surface area contributed by atoms with E-state index in [1.165, 1.54) is 0 Å². The van der Waals surface area contributed by atoms with Gasteiger partial charge in [0.2, 0.25) is 0 Å². The summed E-state index contributed by atoms with van der Waals surface area (Å²) < 4.78 is 0. The van der Waals surface area contributed by atoms with Gasteiger partial charge in [0.05, 0.1) is 12.1 Å². The van der Waals surface area contributed by atoms with E-state index < -0.39 is 6.10 Å². The molecule has 1 heterocycles. The van der Waals surface area contributed by atoms with Crippen molar-refractivity contribution in [1.29, 1.82) is 0 Å². The zero-order valence-corrected chi connectivity index (χ0v) is 12.7. The maximum atomic E-state index is 9.86. The summed E-state index contributed by atoms with van der Waals surface area (Å²) in [5.74, 6) is 0.796. The lowest BCUT2D eigenvalue weighted by Crippen LogP contribution is -2.24. The number of hydrogen-bond donors (Lipinski definition) is 1. The summed E-state index contributed by atoms with van der Waals surface area (Å²) in [7, 11) is 1.98. The quantitative estimate of drug-likeness (QED) is 0.925. The number of aliphatic hydroxyl groups is 1. The Kier molecular flexibility index (Phi) is 4.63.